The summed E-state index contributed by atoms with van der Waals surface area (Å²) in [5.74, 6) is -1.40. The lowest BCUT2D eigenvalue weighted by molar-refractivity contribution is -0.146. The monoisotopic (exact) mass is 234 g/mol. The normalized spacial score (nSPS) is 13.5. The molecule has 0 aliphatic heterocycles. The molecule has 0 spiro atoms. The zero-order chi connectivity index (χ0) is 12.3. The van der Waals surface area contributed by atoms with Crippen molar-refractivity contribution >= 4 is 5.97 Å². The van der Waals surface area contributed by atoms with E-state index in [1.807, 2.05) is 0 Å². The van der Waals surface area contributed by atoms with Crippen LogP contribution in [-0.4, -0.2) is 22.3 Å². The summed E-state index contributed by atoms with van der Waals surface area (Å²) in [4.78, 5) is 10.3. The topological polar surface area (TPSA) is 57.5 Å². The Morgan fingerprint density at radius 2 is 1.75 bits per heavy atom. The molecule has 6 heteroatoms. The highest BCUT2D eigenvalue weighted by Crippen LogP contribution is 2.29. The molecular weight excluding hydrogens is 225 g/mol. The largest absolute Gasteiger partial charge is 0.479 e. The Bertz CT molecular complexity index is 370. The Labute approximate surface area is 89.1 Å². The van der Waals surface area contributed by atoms with Crippen LogP contribution in [0.5, 0.6) is 0 Å². The fraction of sp³-hybridized carbons (Fsp3) is 0.300. The van der Waals surface area contributed by atoms with Crippen LogP contribution in [0.3, 0.4) is 0 Å². The Hall–Kier alpha value is -1.56. The Morgan fingerprint density at radius 3 is 2.12 bits per heavy atom. The first-order valence-electron chi connectivity index (χ1n) is 4.37. The Balaban J connectivity index is 2.76. The Kier molecular flexibility index (Phi) is 3.54. The second kappa shape index (κ2) is 4.52. The van der Waals surface area contributed by atoms with Crippen LogP contribution in [0.15, 0.2) is 24.3 Å². The van der Waals surface area contributed by atoms with E-state index in [0.29, 0.717) is 5.56 Å². The van der Waals surface area contributed by atoms with Gasteiger partial charge < -0.3 is 10.2 Å². The first-order chi connectivity index (χ1) is 7.30. The molecule has 0 bridgehead atoms. The first kappa shape index (κ1) is 12.5. The van der Waals surface area contributed by atoms with Gasteiger partial charge in [-0.05, 0) is 17.7 Å². The van der Waals surface area contributed by atoms with E-state index in [2.05, 4.69) is 0 Å². The number of benzene rings is 1. The van der Waals surface area contributed by atoms with Crippen molar-refractivity contribution in [3.05, 3.63) is 35.4 Å². The molecule has 3 nitrogen and oxygen atoms in total. The smallest absolute Gasteiger partial charge is 0.416 e. The van der Waals surface area contributed by atoms with Gasteiger partial charge in [0.05, 0.1) is 5.56 Å². The molecule has 16 heavy (non-hydrogen) atoms. The highest BCUT2D eigenvalue weighted by molar-refractivity contribution is 5.72. The molecule has 1 rings (SSSR count). The molecule has 0 heterocycles. The van der Waals surface area contributed by atoms with Crippen molar-refractivity contribution in [2.45, 2.75) is 18.7 Å². The van der Waals surface area contributed by atoms with Crippen LogP contribution in [0.1, 0.15) is 11.1 Å². The summed E-state index contributed by atoms with van der Waals surface area (Å²) < 4.78 is 36.5. The fourth-order valence-corrected chi connectivity index (χ4v) is 1.14. The highest BCUT2D eigenvalue weighted by Gasteiger charge is 2.30. The number of halogens is 3. The minimum atomic E-state index is -4.41. The molecule has 88 valence electrons. The number of aliphatic hydroxyl groups excluding tert-OH is 1. The average Bonchev–Trinajstić information content (AvgIpc) is 2.17. The standard InChI is InChI=1S/C10H9F3O3/c11-10(12,13)7-3-1-6(2-4-7)5-8(14)9(15)16/h1-4,8,14H,5H2,(H,15,16). The van der Waals surface area contributed by atoms with Crippen molar-refractivity contribution in [2.24, 2.45) is 0 Å². The van der Waals surface area contributed by atoms with E-state index < -0.39 is 23.8 Å². The number of hydrogen-bond donors (Lipinski definition) is 2. The molecule has 0 aliphatic rings. The van der Waals surface area contributed by atoms with Crippen LogP contribution in [0, 0.1) is 0 Å². The first-order valence-corrected chi connectivity index (χ1v) is 4.37. The zero-order valence-electron chi connectivity index (χ0n) is 8.03. The summed E-state index contributed by atoms with van der Waals surface area (Å²) in [5, 5.41) is 17.4. The predicted octanol–water partition coefficient (Wildman–Crippen LogP) is 1.69. The summed E-state index contributed by atoms with van der Waals surface area (Å²) in [7, 11) is 0. The molecule has 1 unspecified atom stereocenters. The summed E-state index contributed by atoms with van der Waals surface area (Å²) in [6.07, 6.45) is -6.23. The van der Waals surface area contributed by atoms with E-state index in [-0.39, 0.29) is 6.42 Å². The molecule has 0 radical (unpaired) electrons. The molecule has 0 aromatic heterocycles. The summed E-state index contributed by atoms with van der Waals surface area (Å²) >= 11 is 0. The van der Waals surface area contributed by atoms with Crippen molar-refractivity contribution in [3.63, 3.8) is 0 Å². The van der Waals surface area contributed by atoms with Crippen LogP contribution in [0.2, 0.25) is 0 Å². The third-order valence-electron chi connectivity index (χ3n) is 2.00. The summed E-state index contributed by atoms with van der Waals surface area (Å²) in [6, 6.07) is 4.00. The lowest BCUT2D eigenvalue weighted by Gasteiger charge is -2.08. The third-order valence-corrected chi connectivity index (χ3v) is 2.00. The number of hydrogen-bond acceptors (Lipinski definition) is 2. The van der Waals surface area contributed by atoms with Crippen molar-refractivity contribution in [2.75, 3.05) is 0 Å². The van der Waals surface area contributed by atoms with E-state index in [1.165, 1.54) is 0 Å². The van der Waals surface area contributed by atoms with Crippen LogP contribution in [0.25, 0.3) is 0 Å². The van der Waals surface area contributed by atoms with Gasteiger partial charge in [0.2, 0.25) is 0 Å². The van der Waals surface area contributed by atoms with Crippen LogP contribution < -0.4 is 0 Å². The molecule has 0 amide bonds. The van der Waals surface area contributed by atoms with Crippen molar-refractivity contribution in [1.29, 1.82) is 0 Å². The van der Waals surface area contributed by atoms with E-state index in [4.69, 9.17) is 10.2 Å². The summed E-state index contributed by atoms with van der Waals surface area (Å²) in [5.41, 5.74) is -0.469. The number of aliphatic carboxylic acids is 1. The molecule has 1 atom stereocenters. The Morgan fingerprint density at radius 1 is 1.25 bits per heavy atom. The van der Waals surface area contributed by atoms with Gasteiger partial charge in [0.1, 0.15) is 0 Å². The van der Waals surface area contributed by atoms with Crippen LogP contribution in [-0.2, 0) is 17.4 Å². The molecule has 1 aromatic carbocycles. The van der Waals surface area contributed by atoms with Gasteiger partial charge in [-0.2, -0.15) is 13.2 Å². The second-order valence-corrected chi connectivity index (χ2v) is 3.25. The van der Waals surface area contributed by atoms with Gasteiger partial charge in [0, 0.05) is 6.42 Å². The molecule has 0 aliphatic carbocycles. The van der Waals surface area contributed by atoms with Gasteiger partial charge in [0.15, 0.2) is 6.10 Å². The van der Waals surface area contributed by atoms with E-state index in [1.54, 1.807) is 0 Å². The van der Waals surface area contributed by atoms with Crippen LogP contribution >= 0.6 is 0 Å². The number of carboxylic acid groups (broad SMARTS) is 1. The number of alkyl halides is 3. The van der Waals surface area contributed by atoms with Gasteiger partial charge in [-0.25, -0.2) is 4.79 Å². The maximum absolute atomic E-state index is 12.2. The minimum Gasteiger partial charge on any atom is -0.479 e. The maximum Gasteiger partial charge on any atom is 0.416 e. The number of aliphatic hydroxyl groups is 1. The second-order valence-electron chi connectivity index (χ2n) is 3.25. The van der Waals surface area contributed by atoms with E-state index in [9.17, 15) is 18.0 Å². The number of rotatable bonds is 3. The molecule has 2 N–H and O–H groups in total. The van der Waals surface area contributed by atoms with Gasteiger partial charge in [-0.3, -0.25) is 0 Å². The average molecular weight is 234 g/mol. The predicted molar refractivity (Wildman–Crippen MR) is 48.8 cm³/mol. The van der Waals surface area contributed by atoms with Gasteiger partial charge in [-0.15, -0.1) is 0 Å². The SMILES string of the molecule is O=C(O)C(O)Cc1ccc(C(F)(F)F)cc1. The van der Waals surface area contributed by atoms with Crippen molar-refractivity contribution in [1.82, 2.24) is 0 Å². The summed E-state index contributed by atoms with van der Waals surface area (Å²) in [6.45, 7) is 0. The molecule has 1 aromatic rings. The van der Waals surface area contributed by atoms with Gasteiger partial charge >= 0.3 is 12.1 Å². The number of carbonyl (C=O) groups is 1. The zero-order valence-corrected chi connectivity index (χ0v) is 8.03. The molecule has 0 saturated heterocycles. The van der Waals surface area contributed by atoms with Crippen LogP contribution in [0.4, 0.5) is 13.2 Å². The minimum absolute atomic E-state index is 0.215. The maximum atomic E-state index is 12.2. The fourth-order valence-electron chi connectivity index (χ4n) is 1.14. The number of carboxylic acids is 1. The molecule has 0 saturated carbocycles. The lowest BCUT2D eigenvalue weighted by Crippen LogP contribution is -2.22. The van der Waals surface area contributed by atoms with E-state index >= 15 is 0 Å². The quantitative estimate of drug-likeness (QED) is 0.836. The van der Waals surface area contributed by atoms with Crippen molar-refractivity contribution < 1.29 is 28.2 Å². The third kappa shape index (κ3) is 3.23. The molecular formula is C10H9F3O3. The van der Waals surface area contributed by atoms with E-state index in [0.717, 1.165) is 24.3 Å². The van der Waals surface area contributed by atoms with Gasteiger partial charge in [-0.1, -0.05) is 12.1 Å². The van der Waals surface area contributed by atoms with Gasteiger partial charge in [0.25, 0.3) is 0 Å². The van der Waals surface area contributed by atoms with Crippen molar-refractivity contribution in [3.8, 4) is 0 Å². The highest BCUT2D eigenvalue weighted by atomic mass is 19.4. The lowest BCUT2D eigenvalue weighted by atomic mass is 10.1. The molecule has 0 fully saturated rings.